The van der Waals surface area contributed by atoms with Gasteiger partial charge in [-0.05, 0) is 18.2 Å². The van der Waals surface area contributed by atoms with Gasteiger partial charge in [-0.15, -0.1) is 0 Å². The average molecular weight is 352 g/mol. The summed E-state index contributed by atoms with van der Waals surface area (Å²) >= 11 is 0. The molecule has 0 atom stereocenters. The number of nitriles is 1. The number of halogens is 1. The number of rotatable bonds is 6. The molecular formula is C18H13FN4O3. The molecule has 0 bridgehead atoms. The minimum absolute atomic E-state index is 0.0443. The van der Waals surface area contributed by atoms with E-state index in [9.17, 15) is 9.18 Å². The van der Waals surface area contributed by atoms with Crippen LogP contribution in [0, 0.1) is 17.1 Å². The normalized spacial score (nSPS) is 10.3. The summed E-state index contributed by atoms with van der Waals surface area (Å²) in [5, 5.41) is 21.6. The molecule has 0 aliphatic carbocycles. The van der Waals surface area contributed by atoms with Crippen LogP contribution in [0.15, 0.2) is 48.8 Å². The van der Waals surface area contributed by atoms with Crippen LogP contribution in [-0.4, -0.2) is 25.8 Å². The molecular weight excluding hydrogens is 339 g/mol. The van der Waals surface area contributed by atoms with Gasteiger partial charge in [-0.3, -0.25) is 4.79 Å². The number of aromatic nitrogens is 3. The molecule has 26 heavy (non-hydrogen) atoms. The van der Waals surface area contributed by atoms with E-state index in [1.807, 2.05) is 6.07 Å². The summed E-state index contributed by atoms with van der Waals surface area (Å²) in [7, 11) is 0. The van der Waals surface area contributed by atoms with Gasteiger partial charge in [-0.1, -0.05) is 12.1 Å². The maximum atomic E-state index is 13.9. The van der Waals surface area contributed by atoms with Gasteiger partial charge < -0.3 is 9.84 Å². The number of carboxylic acid groups (broad SMARTS) is 1. The first kappa shape index (κ1) is 17.1. The molecule has 3 rings (SSSR count). The topological polar surface area (TPSA) is 101 Å². The lowest BCUT2D eigenvalue weighted by atomic mass is 10.1. The van der Waals surface area contributed by atoms with E-state index in [4.69, 9.17) is 15.1 Å². The van der Waals surface area contributed by atoms with E-state index < -0.39 is 11.8 Å². The molecule has 0 aliphatic heterocycles. The second kappa shape index (κ2) is 7.44. The molecule has 0 unspecified atom stereocenters. The van der Waals surface area contributed by atoms with Crippen LogP contribution in [0.3, 0.4) is 0 Å². The average Bonchev–Trinajstić information content (AvgIpc) is 3.08. The molecule has 1 aromatic carbocycles. The molecule has 1 N–H and O–H groups in total. The van der Waals surface area contributed by atoms with E-state index in [0.717, 1.165) is 6.07 Å². The maximum Gasteiger partial charge on any atom is 0.307 e. The first-order valence-electron chi connectivity index (χ1n) is 7.59. The number of hydrogen-bond acceptors (Lipinski definition) is 5. The summed E-state index contributed by atoms with van der Waals surface area (Å²) < 4.78 is 20.8. The van der Waals surface area contributed by atoms with Crippen LogP contribution in [-0.2, 0) is 17.8 Å². The minimum atomic E-state index is -0.945. The molecule has 0 saturated carbocycles. The van der Waals surface area contributed by atoms with Crippen LogP contribution >= 0.6 is 0 Å². The van der Waals surface area contributed by atoms with E-state index in [1.54, 1.807) is 24.4 Å². The molecule has 0 radical (unpaired) electrons. The highest BCUT2D eigenvalue weighted by Crippen LogP contribution is 2.16. The van der Waals surface area contributed by atoms with E-state index in [2.05, 4.69) is 10.1 Å². The number of carboxylic acids is 1. The molecule has 3 aromatic rings. The molecule has 0 saturated heterocycles. The number of nitrogens with zero attached hydrogens (tertiary/aromatic N) is 4. The number of aliphatic carboxylic acids is 1. The number of ether oxygens (including phenoxy) is 1. The third-order valence-corrected chi connectivity index (χ3v) is 3.49. The quantitative estimate of drug-likeness (QED) is 0.731. The van der Waals surface area contributed by atoms with Crippen LogP contribution in [0.25, 0.3) is 5.82 Å². The van der Waals surface area contributed by atoms with Crippen LogP contribution in [0.4, 0.5) is 4.39 Å². The van der Waals surface area contributed by atoms with Gasteiger partial charge in [0.05, 0.1) is 24.3 Å². The van der Waals surface area contributed by atoms with Crippen molar-refractivity contribution in [3.63, 3.8) is 0 Å². The lowest BCUT2D eigenvalue weighted by Crippen LogP contribution is -2.03. The second-order valence-electron chi connectivity index (χ2n) is 5.40. The Balaban J connectivity index is 1.72. The van der Waals surface area contributed by atoms with E-state index in [1.165, 1.54) is 23.0 Å². The highest BCUT2D eigenvalue weighted by Gasteiger charge is 2.08. The Morgan fingerprint density at radius 3 is 2.92 bits per heavy atom. The molecule has 0 fully saturated rings. The van der Waals surface area contributed by atoms with Crippen molar-refractivity contribution in [3.8, 4) is 17.8 Å². The number of carbonyl (C=O) groups is 1. The highest BCUT2D eigenvalue weighted by molar-refractivity contribution is 5.69. The fraction of sp³-hybridized carbons (Fsp3) is 0.111. The fourth-order valence-electron chi connectivity index (χ4n) is 2.25. The van der Waals surface area contributed by atoms with Crippen molar-refractivity contribution >= 4 is 5.97 Å². The Hall–Kier alpha value is -3.73. The van der Waals surface area contributed by atoms with Crippen molar-refractivity contribution in [2.75, 3.05) is 0 Å². The SMILES string of the molecule is N#Cc1ccc(COc2cccc(-n3cc(CC(=O)O)cn3)n2)c(F)c1. The first-order chi connectivity index (χ1) is 12.5. The lowest BCUT2D eigenvalue weighted by Gasteiger charge is -2.08. The van der Waals surface area contributed by atoms with Gasteiger partial charge in [-0.2, -0.15) is 15.3 Å². The van der Waals surface area contributed by atoms with Crippen molar-refractivity contribution in [2.24, 2.45) is 0 Å². The first-order valence-corrected chi connectivity index (χ1v) is 7.59. The number of pyridine rings is 1. The van der Waals surface area contributed by atoms with Crippen molar-refractivity contribution in [2.45, 2.75) is 13.0 Å². The Labute approximate surface area is 147 Å². The monoisotopic (exact) mass is 352 g/mol. The maximum absolute atomic E-state index is 13.9. The third kappa shape index (κ3) is 4.02. The Morgan fingerprint density at radius 2 is 2.19 bits per heavy atom. The largest absolute Gasteiger partial charge is 0.481 e. The summed E-state index contributed by atoms with van der Waals surface area (Å²) in [5.41, 5.74) is 1.09. The van der Waals surface area contributed by atoms with Crippen molar-refractivity contribution < 1.29 is 19.0 Å². The number of benzene rings is 1. The standard InChI is InChI=1S/C18H13FN4O3/c19-15-6-12(8-20)4-5-14(15)11-26-17-3-1-2-16(22-17)23-10-13(9-21-23)7-18(24)25/h1-6,9-10H,7,11H2,(H,24,25). The zero-order valence-electron chi connectivity index (χ0n) is 13.5. The molecule has 2 aromatic heterocycles. The minimum Gasteiger partial charge on any atom is -0.481 e. The van der Waals surface area contributed by atoms with Crippen LogP contribution < -0.4 is 4.74 Å². The van der Waals surface area contributed by atoms with Crippen LogP contribution in [0.1, 0.15) is 16.7 Å². The Morgan fingerprint density at radius 1 is 1.35 bits per heavy atom. The van der Waals surface area contributed by atoms with E-state index in [-0.39, 0.29) is 24.5 Å². The van der Waals surface area contributed by atoms with Gasteiger partial charge >= 0.3 is 5.97 Å². The Bertz CT molecular complexity index is 994. The molecule has 0 spiro atoms. The molecule has 2 heterocycles. The summed E-state index contributed by atoms with van der Waals surface area (Å²) in [5.74, 6) is -0.759. The van der Waals surface area contributed by atoms with Gasteiger partial charge in [0.2, 0.25) is 5.88 Å². The predicted molar refractivity (Wildman–Crippen MR) is 88.1 cm³/mol. The fourth-order valence-corrected chi connectivity index (χ4v) is 2.25. The van der Waals surface area contributed by atoms with Crippen molar-refractivity contribution in [1.82, 2.24) is 14.8 Å². The summed E-state index contributed by atoms with van der Waals surface area (Å²) in [6.45, 7) is -0.0443. The van der Waals surface area contributed by atoms with Crippen LogP contribution in [0.2, 0.25) is 0 Å². The van der Waals surface area contributed by atoms with Gasteiger partial charge in [0.15, 0.2) is 5.82 Å². The van der Waals surface area contributed by atoms with Gasteiger partial charge in [0.1, 0.15) is 12.4 Å². The zero-order chi connectivity index (χ0) is 18.5. The summed E-state index contributed by atoms with van der Waals surface area (Å²) in [6.07, 6.45) is 2.89. The second-order valence-corrected chi connectivity index (χ2v) is 5.40. The predicted octanol–water partition coefficient (Wildman–Crippen LogP) is 2.48. The van der Waals surface area contributed by atoms with E-state index >= 15 is 0 Å². The van der Waals surface area contributed by atoms with Gasteiger partial charge in [0.25, 0.3) is 0 Å². The van der Waals surface area contributed by atoms with Gasteiger partial charge in [-0.25, -0.2) is 9.07 Å². The molecule has 130 valence electrons. The Kier molecular flexibility index (Phi) is 4.90. The van der Waals surface area contributed by atoms with Crippen molar-refractivity contribution in [3.05, 3.63) is 71.3 Å². The lowest BCUT2D eigenvalue weighted by molar-refractivity contribution is -0.136. The summed E-state index contributed by atoms with van der Waals surface area (Å²) in [4.78, 5) is 15.0. The number of hydrogen-bond donors (Lipinski definition) is 1. The molecule has 0 aliphatic rings. The van der Waals surface area contributed by atoms with Crippen LogP contribution in [0.5, 0.6) is 5.88 Å². The smallest absolute Gasteiger partial charge is 0.307 e. The molecule has 7 nitrogen and oxygen atoms in total. The third-order valence-electron chi connectivity index (χ3n) is 3.49. The highest BCUT2D eigenvalue weighted by atomic mass is 19.1. The van der Waals surface area contributed by atoms with Crippen molar-refractivity contribution in [1.29, 1.82) is 5.26 Å². The van der Waals surface area contributed by atoms with Gasteiger partial charge in [0, 0.05) is 23.4 Å². The van der Waals surface area contributed by atoms with E-state index in [0.29, 0.717) is 16.9 Å². The zero-order valence-corrected chi connectivity index (χ0v) is 13.5. The molecule has 8 heteroatoms. The summed E-state index contributed by atoms with van der Waals surface area (Å²) in [6, 6.07) is 11.0. The molecule has 0 amide bonds.